The smallest absolute Gasteiger partial charge is 0.423 e. The lowest BCUT2D eigenvalue weighted by molar-refractivity contribution is -0.139. The monoisotopic (exact) mass is 662 g/mol. The molecule has 11 nitrogen and oxygen atoms in total. The average molecular weight is 663 g/mol. The van der Waals surface area contributed by atoms with E-state index in [-0.39, 0.29) is 51.4 Å². The van der Waals surface area contributed by atoms with E-state index in [4.69, 9.17) is 25.8 Å². The summed E-state index contributed by atoms with van der Waals surface area (Å²) >= 11 is 6.51. The fraction of sp³-hybridized carbons (Fsp3) is 0.419. The zero-order valence-electron chi connectivity index (χ0n) is 26.1. The second-order valence-electron chi connectivity index (χ2n) is 11.7. The minimum Gasteiger partial charge on any atom is -0.495 e. The van der Waals surface area contributed by atoms with Gasteiger partial charge in [0.25, 0.3) is 11.8 Å². The SMILES string of the molecule is COc1cc(C(=O)N[C@@H]2CCN(C)CC2OC)c(Cl)cc1Nc1ncc(C(F)(F)F)c(Oc2cccc3c2C(=O)N(C)C3(C)C)n1. The third-order valence-corrected chi connectivity index (χ3v) is 8.78. The van der Waals surface area contributed by atoms with Crippen molar-refractivity contribution in [3.05, 3.63) is 63.8 Å². The van der Waals surface area contributed by atoms with Gasteiger partial charge in [0.15, 0.2) is 0 Å². The zero-order chi connectivity index (χ0) is 33.6. The van der Waals surface area contributed by atoms with E-state index >= 15 is 0 Å². The summed E-state index contributed by atoms with van der Waals surface area (Å²) in [5, 5.41) is 5.83. The number of alkyl halides is 3. The van der Waals surface area contributed by atoms with Crippen LogP contribution in [0.1, 0.15) is 52.1 Å². The molecule has 2 aliphatic heterocycles. The van der Waals surface area contributed by atoms with Crippen molar-refractivity contribution >= 4 is 35.1 Å². The van der Waals surface area contributed by atoms with Crippen molar-refractivity contribution in [2.75, 3.05) is 46.7 Å². The Morgan fingerprint density at radius 2 is 1.89 bits per heavy atom. The Kier molecular flexibility index (Phi) is 9.08. The fourth-order valence-electron chi connectivity index (χ4n) is 5.59. The summed E-state index contributed by atoms with van der Waals surface area (Å²) in [5.41, 5.74) is -0.872. The summed E-state index contributed by atoms with van der Waals surface area (Å²) < 4.78 is 58.8. The summed E-state index contributed by atoms with van der Waals surface area (Å²) in [5.74, 6) is -1.85. The van der Waals surface area contributed by atoms with Crippen molar-refractivity contribution in [3.8, 4) is 17.4 Å². The van der Waals surface area contributed by atoms with E-state index in [0.29, 0.717) is 24.7 Å². The number of amides is 2. The van der Waals surface area contributed by atoms with Crippen LogP contribution < -0.4 is 20.1 Å². The number of carbonyl (C=O) groups is 2. The highest BCUT2D eigenvalue weighted by Gasteiger charge is 2.43. The Morgan fingerprint density at radius 1 is 1.15 bits per heavy atom. The molecule has 0 spiro atoms. The van der Waals surface area contributed by atoms with Crippen LogP contribution in [-0.2, 0) is 16.5 Å². The van der Waals surface area contributed by atoms with Crippen LogP contribution in [0.2, 0.25) is 5.02 Å². The van der Waals surface area contributed by atoms with Gasteiger partial charge in [-0.05, 0) is 57.6 Å². The van der Waals surface area contributed by atoms with E-state index in [1.54, 1.807) is 26.3 Å². The molecule has 2 aliphatic rings. The highest BCUT2D eigenvalue weighted by Crippen LogP contribution is 2.44. The minimum absolute atomic E-state index is 0.0520. The van der Waals surface area contributed by atoms with Gasteiger partial charge in [-0.2, -0.15) is 18.2 Å². The number of hydrogen-bond acceptors (Lipinski definition) is 9. The van der Waals surface area contributed by atoms with Gasteiger partial charge < -0.3 is 34.6 Å². The van der Waals surface area contributed by atoms with Crippen molar-refractivity contribution in [1.29, 1.82) is 0 Å². The molecule has 0 saturated carbocycles. The molecule has 2 aromatic carbocycles. The molecule has 246 valence electrons. The first-order valence-corrected chi connectivity index (χ1v) is 14.7. The molecule has 2 N–H and O–H groups in total. The van der Waals surface area contributed by atoms with E-state index in [0.717, 1.165) is 6.54 Å². The number of fused-ring (bicyclic) bond motifs is 1. The summed E-state index contributed by atoms with van der Waals surface area (Å²) in [6.07, 6.45) is -3.81. The molecule has 5 rings (SSSR count). The first-order chi connectivity index (χ1) is 21.6. The first kappa shape index (κ1) is 33.2. The number of halogens is 4. The number of nitrogens with one attached hydrogen (secondary N) is 2. The number of piperidine rings is 1. The zero-order valence-corrected chi connectivity index (χ0v) is 26.8. The summed E-state index contributed by atoms with van der Waals surface area (Å²) in [6, 6.07) is 7.30. The van der Waals surface area contributed by atoms with Crippen LogP contribution in [0, 0.1) is 0 Å². The van der Waals surface area contributed by atoms with Crippen LogP contribution in [0.15, 0.2) is 36.5 Å². The molecule has 3 aromatic rings. The molecular weight excluding hydrogens is 629 g/mol. The molecular formula is C31H34ClF3N6O5. The van der Waals surface area contributed by atoms with Gasteiger partial charge in [0, 0.05) is 26.9 Å². The topological polar surface area (TPSA) is 118 Å². The van der Waals surface area contributed by atoms with Gasteiger partial charge in [0.05, 0.1) is 46.6 Å². The summed E-state index contributed by atoms with van der Waals surface area (Å²) in [7, 11) is 6.53. The number of ether oxygens (including phenoxy) is 3. The maximum atomic E-state index is 14.0. The molecule has 46 heavy (non-hydrogen) atoms. The van der Waals surface area contributed by atoms with E-state index in [1.807, 2.05) is 20.9 Å². The quantitative estimate of drug-likeness (QED) is 0.324. The van der Waals surface area contributed by atoms with Gasteiger partial charge >= 0.3 is 6.18 Å². The molecule has 2 atom stereocenters. The van der Waals surface area contributed by atoms with Crippen LogP contribution >= 0.6 is 11.6 Å². The molecule has 1 fully saturated rings. The molecule has 2 amide bonds. The fourth-order valence-corrected chi connectivity index (χ4v) is 5.84. The summed E-state index contributed by atoms with van der Waals surface area (Å²) in [6.45, 7) is 5.08. The number of carbonyl (C=O) groups excluding carboxylic acids is 2. The van der Waals surface area contributed by atoms with Crippen LogP contribution in [0.5, 0.6) is 17.4 Å². The lowest BCUT2D eigenvalue weighted by atomic mass is 9.94. The highest BCUT2D eigenvalue weighted by atomic mass is 35.5. The Bertz CT molecular complexity index is 1670. The number of rotatable bonds is 8. The maximum Gasteiger partial charge on any atom is 0.423 e. The molecule has 1 aromatic heterocycles. The average Bonchev–Trinajstić information content (AvgIpc) is 3.17. The first-order valence-electron chi connectivity index (χ1n) is 14.4. The van der Waals surface area contributed by atoms with Crippen molar-refractivity contribution in [3.63, 3.8) is 0 Å². The van der Waals surface area contributed by atoms with Gasteiger partial charge in [0.2, 0.25) is 11.8 Å². The molecule has 1 unspecified atom stereocenters. The third kappa shape index (κ3) is 6.29. The standard InChI is InChI=1S/C31H34ClF3N6O5/c1-30(2)17-8-7-9-22(25(17)28(43)41(30)4)46-27-18(31(33,34)35)14-36-29(39-27)38-21-13-19(32)16(12-23(21)44-5)26(42)37-20-10-11-40(3)15-24(20)45-6/h7-9,12-14,20,24H,10-11,15H2,1-6H3,(H,37,42)(H,36,38,39)/t20-,24?/m1/s1. The van der Waals surface area contributed by atoms with Gasteiger partial charge in [-0.25, -0.2) is 4.98 Å². The number of hydrogen-bond donors (Lipinski definition) is 2. The van der Waals surface area contributed by atoms with E-state index in [1.165, 1.54) is 30.2 Å². The Balaban J connectivity index is 1.44. The highest BCUT2D eigenvalue weighted by molar-refractivity contribution is 6.34. The number of benzene rings is 2. The predicted molar refractivity (Wildman–Crippen MR) is 164 cm³/mol. The van der Waals surface area contributed by atoms with Gasteiger partial charge in [-0.3, -0.25) is 9.59 Å². The molecule has 0 aliphatic carbocycles. The number of nitrogens with zero attached hydrogens (tertiary/aromatic N) is 4. The maximum absolute atomic E-state index is 14.0. The van der Waals surface area contributed by atoms with Crippen LogP contribution in [-0.4, -0.2) is 85.1 Å². The molecule has 0 bridgehead atoms. The third-order valence-electron chi connectivity index (χ3n) is 8.47. The lowest BCUT2D eigenvalue weighted by Gasteiger charge is -2.36. The number of aromatic nitrogens is 2. The summed E-state index contributed by atoms with van der Waals surface area (Å²) in [4.78, 5) is 37.7. The minimum atomic E-state index is -4.86. The largest absolute Gasteiger partial charge is 0.495 e. The predicted octanol–water partition coefficient (Wildman–Crippen LogP) is 5.46. The second kappa shape index (κ2) is 12.6. The Hall–Kier alpha value is -4.14. The van der Waals surface area contributed by atoms with Crippen molar-refractivity contribution in [1.82, 2.24) is 25.1 Å². The lowest BCUT2D eigenvalue weighted by Crippen LogP contribution is -2.53. The van der Waals surface area contributed by atoms with E-state index < -0.39 is 35.0 Å². The second-order valence-corrected chi connectivity index (χ2v) is 12.1. The number of likely N-dealkylation sites (N-methyl/N-ethyl adjacent to an activating group) is 1. The van der Waals surface area contributed by atoms with Crippen LogP contribution in [0.4, 0.5) is 24.8 Å². The number of likely N-dealkylation sites (tertiary alicyclic amines) is 1. The molecule has 0 radical (unpaired) electrons. The van der Waals surface area contributed by atoms with Crippen LogP contribution in [0.25, 0.3) is 0 Å². The molecule has 15 heteroatoms. The molecule has 1 saturated heterocycles. The Morgan fingerprint density at radius 3 is 2.57 bits per heavy atom. The van der Waals surface area contributed by atoms with Crippen molar-refractivity contribution in [2.24, 2.45) is 0 Å². The number of anilines is 2. The van der Waals surface area contributed by atoms with Gasteiger partial charge in [0.1, 0.15) is 17.1 Å². The van der Waals surface area contributed by atoms with Crippen molar-refractivity contribution in [2.45, 2.75) is 44.1 Å². The van der Waals surface area contributed by atoms with Crippen molar-refractivity contribution < 1.29 is 37.0 Å². The van der Waals surface area contributed by atoms with Gasteiger partial charge in [-0.15, -0.1) is 0 Å². The Labute approximate surface area is 269 Å². The van der Waals surface area contributed by atoms with Gasteiger partial charge in [-0.1, -0.05) is 23.7 Å². The normalized spacial score (nSPS) is 19.5. The van der Waals surface area contributed by atoms with Crippen LogP contribution in [0.3, 0.4) is 0 Å². The molecule has 3 heterocycles. The van der Waals surface area contributed by atoms with E-state index in [9.17, 15) is 22.8 Å². The number of methoxy groups -OCH3 is 2. The van der Waals surface area contributed by atoms with E-state index in [2.05, 4.69) is 25.5 Å².